The maximum absolute atomic E-state index is 12.0. The highest BCUT2D eigenvalue weighted by molar-refractivity contribution is 7.07. The molecule has 1 fully saturated rings. The number of carbonyl (C=O) groups excluding carboxylic acids is 1. The van der Waals surface area contributed by atoms with Gasteiger partial charge in [0.05, 0.1) is 12.3 Å². The van der Waals surface area contributed by atoms with Crippen molar-refractivity contribution in [2.45, 2.75) is 13.3 Å². The summed E-state index contributed by atoms with van der Waals surface area (Å²) in [5, 5.41) is 12.9. The minimum Gasteiger partial charge on any atom is -0.481 e. The Hall–Kier alpha value is -1.36. The van der Waals surface area contributed by atoms with Crippen LogP contribution in [0.3, 0.4) is 0 Å². The van der Waals surface area contributed by atoms with Crippen LogP contribution < -0.4 is 0 Å². The molecule has 1 saturated heterocycles. The third kappa shape index (κ3) is 2.66. The lowest BCUT2D eigenvalue weighted by molar-refractivity contribution is -0.142. The quantitative estimate of drug-likeness (QED) is 0.887. The van der Waals surface area contributed by atoms with E-state index >= 15 is 0 Å². The highest BCUT2D eigenvalue weighted by Crippen LogP contribution is 2.24. The highest BCUT2D eigenvalue weighted by Gasteiger charge is 2.36. The van der Waals surface area contributed by atoms with Gasteiger partial charge in [0.15, 0.2) is 0 Å². The Morgan fingerprint density at radius 2 is 2.29 bits per heavy atom. The Morgan fingerprint density at radius 1 is 1.53 bits per heavy atom. The molecule has 1 aliphatic heterocycles. The van der Waals surface area contributed by atoms with Crippen LogP contribution in [0.4, 0.5) is 0 Å². The molecule has 5 heteroatoms. The van der Waals surface area contributed by atoms with Gasteiger partial charge in [-0.3, -0.25) is 9.59 Å². The second-order valence-electron chi connectivity index (χ2n) is 4.53. The molecule has 2 heterocycles. The number of rotatable bonds is 3. The van der Waals surface area contributed by atoms with E-state index in [2.05, 4.69) is 0 Å². The minimum atomic E-state index is -0.802. The van der Waals surface area contributed by atoms with Gasteiger partial charge in [0, 0.05) is 13.1 Å². The van der Waals surface area contributed by atoms with Gasteiger partial charge in [0.1, 0.15) is 0 Å². The number of likely N-dealkylation sites (tertiary alicyclic amines) is 1. The zero-order valence-electron chi connectivity index (χ0n) is 9.63. The number of carboxylic acids is 1. The van der Waals surface area contributed by atoms with Crippen LogP contribution in [0.25, 0.3) is 0 Å². The first-order valence-electron chi connectivity index (χ1n) is 5.59. The van der Waals surface area contributed by atoms with Gasteiger partial charge in [0.25, 0.3) is 0 Å². The van der Waals surface area contributed by atoms with Crippen molar-refractivity contribution in [2.24, 2.45) is 11.8 Å². The molecule has 92 valence electrons. The van der Waals surface area contributed by atoms with Gasteiger partial charge in [-0.15, -0.1) is 0 Å². The van der Waals surface area contributed by atoms with Crippen molar-refractivity contribution >= 4 is 23.2 Å². The summed E-state index contributed by atoms with van der Waals surface area (Å²) in [4.78, 5) is 24.6. The van der Waals surface area contributed by atoms with Gasteiger partial charge in [-0.05, 0) is 28.3 Å². The molecule has 4 nitrogen and oxygen atoms in total. The molecule has 1 aromatic heterocycles. The van der Waals surface area contributed by atoms with Crippen LogP contribution in [0.5, 0.6) is 0 Å². The van der Waals surface area contributed by atoms with E-state index in [1.54, 1.807) is 16.2 Å². The number of hydrogen-bond acceptors (Lipinski definition) is 3. The monoisotopic (exact) mass is 253 g/mol. The van der Waals surface area contributed by atoms with E-state index in [-0.39, 0.29) is 11.8 Å². The normalized spacial score (nSPS) is 23.9. The third-order valence-corrected chi connectivity index (χ3v) is 3.95. The minimum absolute atomic E-state index is 0.0269. The first kappa shape index (κ1) is 12.1. The molecular formula is C12H15NO3S. The first-order chi connectivity index (χ1) is 8.08. The summed E-state index contributed by atoms with van der Waals surface area (Å²) in [6, 6.07) is 1.93. The fourth-order valence-electron chi connectivity index (χ4n) is 2.17. The lowest BCUT2D eigenvalue weighted by Crippen LogP contribution is -2.31. The molecule has 1 N–H and O–H groups in total. The number of hydrogen-bond donors (Lipinski definition) is 1. The van der Waals surface area contributed by atoms with Crippen LogP contribution in [0.2, 0.25) is 0 Å². The average Bonchev–Trinajstić information content (AvgIpc) is 2.86. The average molecular weight is 253 g/mol. The van der Waals surface area contributed by atoms with E-state index in [1.807, 2.05) is 23.8 Å². The zero-order chi connectivity index (χ0) is 12.4. The first-order valence-corrected chi connectivity index (χ1v) is 6.54. The summed E-state index contributed by atoms with van der Waals surface area (Å²) in [6.07, 6.45) is 0.378. The van der Waals surface area contributed by atoms with Crippen LogP contribution in [0.1, 0.15) is 12.5 Å². The molecular weight excluding hydrogens is 238 g/mol. The lowest BCUT2D eigenvalue weighted by Gasteiger charge is -2.15. The predicted octanol–water partition coefficient (Wildman–Crippen LogP) is 1.47. The van der Waals surface area contributed by atoms with E-state index in [9.17, 15) is 9.59 Å². The van der Waals surface area contributed by atoms with E-state index < -0.39 is 11.9 Å². The number of thiophene rings is 1. The van der Waals surface area contributed by atoms with Crippen LogP contribution in [-0.2, 0) is 16.0 Å². The van der Waals surface area contributed by atoms with Crippen molar-refractivity contribution in [2.75, 3.05) is 13.1 Å². The van der Waals surface area contributed by atoms with Crippen molar-refractivity contribution in [3.8, 4) is 0 Å². The molecule has 0 spiro atoms. The SMILES string of the molecule is CC1CN(C(=O)Cc2ccsc2)CC1C(=O)O. The summed E-state index contributed by atoms with van der Waals surface area (Å²) >= 11 is 1.57. The molecule has 0 bridgehead atoms. The lowest BCUT2D eigenvalue weighted by atomic mass is 9.99. The molecule has 2 unspecified atom stereocenters. The molecule has 2 rings (SSSR count). The standard InChI is InChI=1S/C12H15NO3S/c1-8-5-13(6-10(8)12(15)16)11(14)4-9-2-3-17-7-9/h2-3,7-8,10H,4-6H2,1H3,(H,15,16). The number of aliphatic carboxylic acids is 1. The van der Waals surface area contributed by atoms with Crippen molar-refractivity contribution < 1.29 is 14.7 Å². The van der Waals surface area contributed by atoms with E-state index in [0.717, 1.165) is 5.56 Å². The highest BCUT2D eigenvalue weighted by atomic mass is 32.1. The van der Waals surface area contributed by atoms with Crippen LogP contribution >= 0.6 is 11.3 Å². The molecule has 1 aromatic rings. The number of carboxylic acid groups (broad SMARTS) is 1. The van der Waals surface area contributed by atoms with Crippen molar-refractivity contribution in [3.63, 3.8) is 0 Å². The summed E-state index contributed by atoms with van der Waals surface area (Å²) < 4.78 is 0. The molecule has 0 saturated carbocycles. The van der Waals surface area contributed by atoms with E-state index in [0.29, 0.717) is 19.5 Å². The summed E-state index contributed by atoms with van der Waals surface area (Å²) in [6.45, 7) is 2.79. The second-order valence-corrected chi connectivity index (χ2v) is 5.31. The third-order valence-electron chi connectivity index (χ3n) is 3.22. The summed E-state index contributed by atoms with van der Waals surface area (Å²) in [5.74, 6) is -1.15. The smallest absolute Gasteiger partial charge is 0.308 e. The topological polar surface area (TPSA) is 57.6 Å². The van der Waals surface area contributed by atoms with Crippen molar-refractivity contribution in [1.82, 2.24) is 4.90 Å². The Balaban J connectivity index is 1.96. The Bertz CT molecular complexity index is 415. The molecule has 0 radical (unpaired) electrons. The van der Waals surface area contributed by atoms with E-state index in [1.165, 1.54) is 0 Å². The molecule has 0 aromatic carbocycles. The number of nitrogens with zero attached hydrogens (tertiary/aromatic N) is 1. The zero-order valence-corrected chi connectivity index (χ0v) is 10.4. The maximum atomic E-state index is 12.0. The summed E-state index contributed by atoms with van der Waals surface area (Å²) in [7, 11) is 0. The van der Waals surface area contributed by atoms with Crippen LogP contribution in [0.15, 0.2) is 16.8 Å². The largest absolute Gasteiger partial charge is 0.481 e. The van der Waals surface area contributed by atoms with E-state index in [4.69, 9.17) is 5.11 Å². The predicted molar refractivity (Wildman–Crippen MR) is 64.9 cm³/mol. The van der Waals surface area contributed by atoms with Crippen LogP contribution in [0, 0.1) is 11.8 Å². The number of carbonyl (C=O) groups is 2. The fourth-order valence-corrected chi connectivity index (χ4v) is 2.84. The van der Waals surface area contributed by atoms with Crippen LogP contribution in [-0.4, -0.2) is 35.0 Å². The van der Waals surface area contributed by atoms with Gasteiger partial charge in [0.2, 0.25) is 5.91 Å². The van der Waals surface area contributed by atoms with Gasteiger partial charge >= 0.3 is 5.97 Å². The van der Waals surface area contributed by atoms with Gasteiger partial charge < -0.3 is 10.0 Å². The molecule has 2 atom stereocenters. The van der Waals surface area contributed by atoms with Gasteiger partial charge in [-0.2, -0.15) is 11.3 Å². The molecule has 1 aliphatic rings. The van der Waals surface area contributed by atoms with Gasteiger partial charge in [-0.25, -0.2) is 0 Å². The molecule has 17 heavy (non-hydrogen) atoms. The molecule has 1 amide bonds. The Kier molecular flexibility index (Phi) is 3.47. The molecule has 0 aliphatic carbocycles. The van der Waals surface area contributed by atoms with Crippen molar-refractivity contribution in [3.05, 3.63) is 22.4 Å². The summed E-state index contributed by atoms with van der Waals surface area (Å²) in [5.41, 5.74) is 1.01. The fraction of sp³-hybridized carbons (Fsp3) is 0.500. The van der Waals surface area contributed by atoms with Gasteiger partial charge in [-0.1, -0.05) is 6.92 Å². The van der Waals surface area contributed by atoms with Crippen molar-refractivity contribution in [1.29, 1.82) is 0 Å². The Morgan fingerprint density at radius 3 is 2.82 bits per heavy atom. The maximum Gasteiger partial charge on any atom is 0.308 e. The number of amides is 1. The second kappa shape index (κ2) is 4.87. The Labute approximate surface area is 104 Å².